The van der Waals surface area contributed by atoms with Crippen LogP contribution in [-0.2, 0) is 6.54 Å². The molecule has 0 fully saturated rings. The van der Waals surface area contributed by atoms with Gasteiger partial charge in [-0.2, -0.15) is 5.10 Å². The van der Waals surface area contributed by atoms with Crippen LogP contribution >= 0.6 is 11.6 Å². The Balaban J connectivity index is 2.49. The summed E-state index contributed by atoms with van der Waals surface area (Å²) in [5.74, 6) is 1.17. The summed E-state index contributed by atoms with van der Waals surface area (Å²) in [7, 11) is 0. The lowest BCUT2D eigenvalue weighted by Crippen LogP contribution is -2.32. The molecule has 3 nitrogen and oxygen atoms in total. The Morgan fingerprint density at radius 2 is 2.00 bits per heavy atom. The first-order valence-electron chi connectivity index (χ1n) is 6.95. The molecule has 0 spiro atoms. The molecule has 1 aromatic rings. The van der Waals surface area contributed by atoms with Crippen molar-refractivity contribution >= 4 is 11.6 Å². The van der Waals surface area contributed by atoms with Crippen LogP contribution in [0.4, 0.5) is 0 Å². The quantitative estimate of drug-likeness (QED) is 0.732. The first-order valence-corrected chi connectivity index (χ1v) is 7.49. The molecule has 0 aliphatic heterocycles. The molecule has 1 aromatic heterocycles. The van der Waals surface area contributed by atoms with Crippen LogP contribution in [0.1, 0.15) is 52.3 Å². The molecule has 0 amide bonds. The van der Waals surface area contributed by atoms with Crippen LogP contribution in [0.2, 0.25) is 0 Å². The summed E-state index contributed by atoms with van der Waals surface area (Å²) < 4.78 is 2.09. The van der Waals surface area contributed by atoms with Crippen LogP contribution < -0.4 is 5.32 Å². The molecule has 18 heavy (non-hydrogen) atoms. The lowest BCUT2D eigenvalue weighted by atomic mass is 10.1. The van der Waals surface area contributed by atoms with Crippen LogP contribution in [0.3, 0.4) is 0 Å². The molecule has 0 aliphatic rings. The standard InChI is InChI=1S/C14H26ClN3/c1-5-14(6-2)18-8-7-13(17-18)10-16-12(4)11(3)9-15/h7-8,11-12,14,16H,5-6,9-10H2,1-4H3. The minimum absolute atomic E-state index is 0.417. The number of hydrogen-bond acceptors (Lipinski definition) is 2. The Bertz CT molecular complexity index is 334. The summed E-state index contributed by atoms with van der Waals surface area (Å²) in [4.78, 5) is 0. The Hall–Kier alpha value is -0.540. The fourth-order valence-corrected chi connectivity index (χ4v) is 2.21. The van der Waals surface area contributed by atoms with E-state index in [9.17, 15) is 0 Å². The normalized spacial score (nSPS) is 15.0. The van der Waals surface area contributed by atoms with E-state index in [4.69, 9.17) is 11.6 Å². The molecule has 4 heteroatoms. The zero-order valence-corrected chi connectivity index (χ0v) is 12.7. The monoisotopic (exact) mass is 271 g/mol. The number of aromatic nitrogens is 2. The number of hydrogen-bond donors (Lipinski definition) is 1. The summed E-state index contributed by atoms with van der Waals surface area (Å²) in [5.41, 5.74) is 1.11. The van der Waals surface area contributed by atoms with Gasteiger partial charge in [0.25, 0.3) is 0 Å². The van der Waals surface area contributed by atoms with Gasteiger partial charge in [0.05, 0.1) is 11.7 Å². The molecule has 0 radical (unpaired) electrons. The lowest BCUT2D eigenvalue weighted by Gasteiger charge is -2.18. The van der Waals surface area contributed by atoms with E-state index < -0.39 is 0 Å². The highest BCUT2D eigenvalue weighted by molar-refractivity contribution is 6.18. The Morgan fingerprint density at radius 1 is 1.33 bits per heavy atom. The number of halogens is 1. The van der Waals surface area contributed by atoms with Crippen LogP contribution in [0.5, 0.6) is 0 Å². The molecule has 0 saturated carbocycles. The van der Waals surface area contributed by atoms with Gasteiger partial charge in [-0.25, -0.2) is 0 Å². The van der Waals surface area contributed by atoms with Crippen molar-refractivity contribution < 1.29 is 0 Å². The van der Waals surface area contributed by atoms with E-state index in [2.05, 4.69) is 55.1 Å². The van der Waals surface area contributed by atoms with Gasteiger partial charge in [0, 0.05) is 24.7 Å². The van der Waals surface area contributed by atoms with Gasteiger partial charge >= 0.3 is 0 Å². The molecule has 104 valence electrons. The molecular weight excluding hydrogens is 246 g/mol. The molecule has 2 unspecified atom stereocenters. The Kier molecular flexibility index (Phi) is 6.72. The van der Waals surface area contributed by atoms with Crippen molar-refractivity contribution in [2.45, 2.75) is 59.2 Å². The van der Waals surface area contributed by atoms with E-state index in [0.717, 1.165) is 25.1 Å². The van der Waals surface area contributed by atoms with Gasteiger partial charge in [0.1, 0.15) is 0 Å². The van der Waals surface area contributed by atoms with E-state index in [1.165, 1.54) is 0 Å². The predicted molar refractivity (Wildman–Crippen MR) is 78.0 cm³/mol. The first kappa shape index (κ1) is 15.5. The zero-order chi connectivity index (χ0) is 13.5. The third-order valence-electron chi connectivity index (χ3n) is 3.68. The maximum absolute atomic E-state index is 5.85. The molecule has 0 aliphatic carbocycles. The maximum Gasteiger partial charge on any atom is 0.0762 e. The minimum atomic E-state index is 0.417. The Morgan fingerprint density at radius 3 is 2.56 bits per heavy atom. The smallest absolute Gasteiger partial charge is 0.0762 e. The lowest BCUT2D eigenvalue weighted by molar-refractivity contribution is 0.410. The van der Waals surface area contributed by atoms with Crippen LogP contribution in [-0.4, -0.2) is 21.7 Å². The van der Waals surface area contributed by atoms with Gasteiger partial charge in [-0.3, -0.25) is 4.68 Å². The number of rotatable bonds is 8. The van der Waals surface area contributed by atoms with Gasteiger partial charge in [0.2, 0.25) is 0 Å². The number of nitrogens with one attached hydrogen (secondary N) is 1. The van der Waals surface area contributed by atoms with Gasteiger partial charge < -0.3 is 5.32 Å². The van der Waals surface area contributed by atoms with Crippen molar-refractivity contribution in [3.8, 4) is 0 Å². The van der Waals surface area contributed by atoms with Crippen LogP contribution in [0, 0.1) is 5.92 Å². The molecule has 0 aromatic carbocycles. The predicted octanol–water partition coefficient (Wildman–Crippen LogP) is 3.60. The third-order valence-corrected chi connectivity index (χ3v) is 4.17. The molecule has 2 atom stereocenters. The number of alkyl halides is 1. The second-order valence-corrected chi connectivity index (χ2v) is 5.37. The SMILES string of the molecule is CCC(CC)n1ccc(CNC(C)C(C)CCl)n1. The second kappa shape index (κ2) is 7.80. The molecule has 1 heterocycles. The topological polar surface area (TPSA) is 29.9 Å². The first-order chi connectivity index (χ1) is 8.62. The highest BCUT2D eigenvalue weighted by atomic mass is 35.5. The molecular formula is C14H26ClN3. The Labute approximate surface area is 116 Å². The van der Waals surface area contributed by atoms with E-state index >= 15 is 0 Å². The molecule has 1 N–H and O–H groups in total. The second-order valence-electron chi connectivity index (χ2n) is 5.06. The van der Waals surface area contributed by atoms with Gasteiger partial charge in [-0.1, -0.05) is 20.8 Å². The summed E-state index contributed by atoms with van der Waals surface area (Å²) in [6.07, 6.45) is 4.35. The largest absolute Gasteiger partial charge is 0.308 e. The summed E-state index contributed by atoms with van der Waals surface area (Å²) in [5, 5.41) is 8.11. The van der Waals surface area contributed by atoms with Crippen molar-refractivity contribution in [3.63, 3.8) is 0 Å². The highest BCUT2D eigenvalue weighted by Gasteiger charge is 2.12. The average molecular weight is 272 g/mol. The third kappa shape index (κ3) is 4.29. The van der Waals surface area contributed by atoms with Gasteiger partial charge in [-0.05, 0) is 31.7 Å². The molecule has 1 rings (SSSR count). The maximum atomic E-state index is 5.85. The van der Waals surface area contributed by atoms with Gasteiger partial charge in [0.15, 0.2) is 0 Å². The zero-order valence-electron chi connectivity index (χ0n) is 12.0. The van der Waals surface area contributed by atoms with Crippen molar-refractivity contribution in [1.29, 1.82) is 0 Å². The fourth-order valence-electron chi connectivity index (χ4n) is 1.94. The molecule has 0 bridgehead atoms. The summed E-state index contributed by atoms with van der Waals surface area (Å²) in [6.45, 7) is 9.56. The molecule has 0 saturated heterocycles. The summed E-state index contributed by atoms with van der Waals surface area (Å²) in [6, 6.07) is 3.04. The highest BCUT2D eigenvalue weighted by Crippen LogP contribution is 2.14. The van der Waals surface area contributed by atoms with E-state index in [-0.39, 0.29) is 0 Å². The summed E-state index contributed by atoms with van der Waals surface area (Å²) >= 11 is 5.85. The van der Waals surface area contributed by atoms with Crippen molar-refractivity contribution in [3.05, 3.63) is 18.0 Å². The van der Waals surface area contributed by atoms with Crippen LogP contribution in [0.15, 0.2) is 12.3 Å². The van der Waals surface area contributed by atoms with Crippen molar-refractivity contribution in [2.24, 2.45) is 5.92 Å². The fraction of sp³-hybridized carbons (Fsp3) is 0.786. The van der Waals surface area contributed by atoms with Crippen molar-refractivity contribution in [2.75, 3.05) is 5.88 Å². The van der Waals surface area contributed by atoms with Crippen LogP contribution in [0.25, 0.3) is 0 Å². The van der Waals surface area contributed by atoms with E-state index in [0.29, 0.717) is 23.9 Å². The minimum Gasteiger partial charge on any atom is -0.308 e. The van der Waals surface area contributed by atoms with E-state index in [1.807, 2.05) is 0 Å². The van der Waals surface area contributed by atoms with Gasteiger partial charge in [-0.15, -0.1) is 11.6 Å². The van der Waals surface area contributed by atoms with Crippen molar-refractivity contribution in [1.82, 2.24) is 15.1 Å². The van der Waals surface area contributed by atoms with E-state index in [1.54, 1.807) is 0 Å². The number of nitrogens with zero attached hydrogens (tertiary/aromatic N) is 2. The average Bonchev–Trinajstić information content (AvgIpc) is 2.85.